The van der Waals surface area contributed by atoms with Crippen LogP contribution < -0.4 is 0 Å². The maximum Gasteiger partial charge on any atom is 0.0942 e. The molecule has 0 radical (unpaired) electrons. The Hall–Kier alpha value is -0.380. The minimum Gasteiger partial charge on any atom is -0.387 e. The Morgan fingerprint density at radius 3 is 2.86 bits per heavy atom. The number of ether oxygens (including phenoxy) is 1. The molecule has 0 saturated carbocycles. The zero-order chi connectivity index (χ0) is 10.0. The van der Waals surface area contributed by atoms with Gasteiger partial charge in [0.2, 0.25) is 0 Å². The molecule has 2 rings (SSSR count). The van der Waals surface area contributed by atoms with Gasteiger partial charge in [0.15, 0.2) is 0 Å². The zero-order valence-corrected chi connectivity index (χ0v) is 9.46. The third kappa shape index (κ3) is 2.16. The van der Waals surface area contributed by atoms with Crippen LogP contribution in [0.1, 0.15) is 12.0 Å². The van der Waals surface area contributed by atoms with Crippen molar-refractivity contribution in [3.63, 3.8) is 0 Å². The summed E-state index contributed by atoms with van der Waals surface area (Å²) in [6, 6.07) is 7.98. The summed E-state index contributed by atoms with van der Waals surface area (Å²) in [6.07, 6.45) is 1.39. The molecule has 2 nitrogen and oxygen atoms in total. The topological polar surface area (TPSA) is 29.5 Å². The number of rotatable bonds is 2. The highest BCUT2D eigenvalue weighted by Gasteiger charge is 2.32. The molecule has 0 bridgehead atoms. The molecule has 1 saturated heterocycles. The van der Waals surface area contributed by atoms with Gasteiger partial charge < -0.3 is 9.84 Å². The second kappa shape index (κ2) is 4.01. The average molecular weight is 257 g/mol. The summed E-state index contributed by atoms with van der Waals surface area (Å²) >= 11 is 3.48. The molecule has 0 aliphatic carbocycles. The molecule has 1 fully saturated rings. The summed E-state index contributed by atoms with van der Waals surface area (Å²) in [5.41, 5.74) is 0.477. The molecule has 1 aromatic rings. The molecule has 76 valence electrons. The Labute approximate surface area is 92.0 Å². The maximum atomic E-state index is 10.1. The molecule has 0 amide bonds. The highest BCUT2D eigenvalue weighted by Crippen LogP contribution is 2.26. The second-order valence-corrected chi connectivity index (χ2v) is 4.65. The van der Waals surface area contributed by atoms with Crippen molar-refractivity contribution in [2.24, 2.45) is 0 Å². The highest BCUT2D eigenvalue weighted by molar-refractivity contribution is 9.10. The lowest BCUT2D eigenvalue weighted by molar-refractivity contribution is 0.0269. The van der Waals surface area contributed by atoms with Crippen molar-refractivity contribution in [1.82, 2.24) is 0 Å². The van der Waals surface area contributed by atoms with Crippen LogP contribution in [0.2, 0.25) is 0 Å². The molecule has 1 N–H and O–H groups in total. The maximum absolute atomic E-state index is 10.1. The first kappa shape index (κ1) is 10.1. The van der Waals surface area contributed by atoms with Gasteiger partial charge in [-0.15, -0.1) is 0 Å². The quantitative estimate of drug-likeness (QED) is 0.879. The fourth-order valence-corrected chi connectivity index (χ4v) is 2.16. The average Bonchev–Trinajstić information content (AvgIpc) is 2.57. The monoisotopic (exact) mass is 256 g/mol. The molecular formula is C11H13BrO2. The number of hydrogen-bond donors (Lipinski definition) is 1. The van der Waals surface area contributed by atoms with Crippen molar-refractivity contribution in [3.8, 4) is 0 Å². The summed E-state index contributed by atoms with van der Waals surface area (Å²) in [4.78, 5) is 0. The van der Waals surface area contributed by atoms with E-state index in [1.807, 2.05) is 24.3 Å². The number of benzene rings is 1. The van der Waals surface area contributed by atoms with Crippen LogP contribution in [0.25, 0.3) is 0 Å². The molecule has 1 unspecified atom stereocenters. The summed E-state index contributed by atoms with van der Waals surface area (Å²) in [5, 5.41) is 10.1. The van der Waals surface area contributed by atoms with E-state index in [1.165, 1.54) is 0 Å². The minimum absolute atomic E-state index is 0.453. The second-order valence-electron chi connectivity index (χ2n) is 3.80. The minimum atomic E-state index is -0.663. The van der Waals surface area contributed by atoms with Gasteiger partial charge in [0.1, 0.15) is 0 Å². The third-order valence-electron chi connectivity index (χ3n) is 2.56. The Balaban J connectivity index is 2.14. The van der Waals surface area contributed by atoms with Crippen LogP contribution >= 0.6 is 15.9 Å². The molecule has 1 heterocycles. The fraction of sp³-hybridized carbons (Fsp3) is 0.455. The van der Waals surface area contributed by atoms with Gasteiger partial charge in [0.05, 0.1) is 12.2 Å². The SMILES string of the molecule is OC1(Cc2ccccc2Br)CCOC1. The van der Waals surface area contributed by atoms with Crippen molar-refractivity contribution in [3.05, 3.63) is 34.3 Å². The molecule has 1 aliphatic rings. The summed E-state index contributed by atoms with van der Waals surface area (Å²) in [5.74, 6) is 0. The molecule has 1 atom stereocenters. The first-order valence-electron chi connectivity index (χ1n) is 4.73. The van der Waals surface area contributed by atoms with Crippen LogP contribution in [0.15, 0.2) is 28.7 Å². The van der Waals surface area contributed by atoms with Gasteiger partial charge in [-0.1, -0.05) is 34.1 Å². The Morgan fingerprint density at radius 2 is 2.21 bits per heavy atom. The lowest BCUT2D eigenvalue weighted by Gasteiger charge is -2.20. The lowest BCUT2D eigenvalue weighted by atomic mass is 9.94. The van der Waals surface area contributed by atoms with Gasteiger partial charge in [0, 0.05) is 23.9 Å². The fourth-order valence-electron chi connectivity index (χ4n) is 1.73. The van der Waals surface area contributed by atoms with Gasteiger partial charge in [0.25, 0.3) is 0 Å². The van der Waals surface area contributed by atoms with E-state index in [0.29, 0.717) is 19.6 Å². The van der Waals surface area contributed by atoms with E-state index in [2.05, 4.69) is 15.9 Å². The Morgan fingerprint density at radius 1 is 1.43 bits per heavy atom. The largest absolute Gasteiger partial charge is 0.387 e. The highest BCUT2D eigenvalue weighted by atomic mass is 79.9. The predicted octanol–water partition coefficient (Wildman–Crippen LogP) is 2.14. The van der Waals surface area contributed by atoms with Gasteiger partial charge in [-0.05, 0) is 11.6 Å². The zero-order valence-electron chi connectivity index (χ0n) is 7.87. The third-order valence-corrected chi connectivity index (χ3v) is 3.33. The van der Waals surface area contributed by atoms with Crippen LogP contribution in [0, 0.1) is 0 Å². The summed E-state index contributed by atoms with van der Waals surface area (Å²) in [6.45, 7) is 1.12. The first-order valence-corrected chi connectivity index (χ1v) is 5.52. The van der Waals surface area contributed by atoms with Crippen molar-refractivity contribution in [2.45, 2.75) is 18.4 Å². The van der Waals surface area contributed by atoms with Crippen LogP contribution in [-0.2, 0) is 11.2 Å². The van der Waals surface area contributed by atoms with E-state index in [4.69, 9.17) is 4.74 Å². The summed E-state index contributed by atoms with van der Waals surface area (Å²) in [7, 11) is 0. The van der Waals surface area contributed by atoms with E-state index in [0.717, 1.165) is 16.5 Å². The van der Waals surface area contributed by atoms with Crippen LogP contribution in [0.3, 0.4) is 0 Å². The summed E-state index contributed by atoms with van der Waals surface area (Å²) < 4.78 is 6.26. The van der Waals surface area contributed by atoms with Crippen LogP contribution in [0.5, 0.6) is 0 Å². The molecule has 3 heteroatoms. The van der Waals surface area contributed by atoms with Crippen molar-refractivity contribution in [2.75, 3.05) is 13.2 Å². The van der Waals surface area contributed by atoms with E-state index < -0.39 is 5.60 Å². The van der Waals surface area contributed by atoms with Gasteiger partial charge in [-0.25, -0.2) is 0 Å². The van der Waals surface area contributed by atoms with Crippen molar-refractivity contribution >= 4 is 15.9 Å². The first-order chi connectivity index (χ1) is 6.70. The van der Waals surface area contributed by atoms with Crippen molar-refractivity contribution in [1.29, 1.82) is 0 Å². The molecular weight excluding hydrogens is 244 g/mol. The Kier molecular flexibility index (Phi) is 2.91. The van der Waals surface area contributed by atoms with Gasteiger partial charge in [-0.2, -0.15) is 0 Å². The van der Waals surface area contributed by atoms with E-state index in [1.54, 1.807) is 0 Å². The molecule has 14 heavy (non-hydrogen) atoms. The van der Waals surface area contributed by atoms with Crippen LogP contribution in [-0.4, -0.2) is 23.9 Å². The smallest absolute Gasteiger partial charge is 0.0942 e. The molecule has 0 spiro atoms. The standard InChI is InChI=1S/C11H13BrO2/c12-10-4-2-1-3-9(10)7-11(13)5-6-14-8-11/h1-4,13H,5-8H2. The predicted molar refractivity (Wildman–Crippen MR) is 58.2 cm³/mol. The van der Waals surface area contributed by atoms with E-state index >= 15 is 0 Å². The molecule has 1 aromatic carbocycles. The number of aliphatic hydroxyl groups is 1. The van der Waals surface area contributed by atoms with Crippen molar-refractivity contribution < 1.29 is 9.84 Å². The van der Waals surface area contributed by atoms with Gasteiger partial charge in [-0.3, -0.25) is 0 Å². The van der Waals surface area contributed by atoms with E-state index in [-0.39, 0.29) is 0 Å². The lowest BCUT2D eigenvalue weighted by Crippen LogP contribution is -2.31. The van der Waals surface area contributed by atoms with Gasteiger partial charge >= 0.3 is 0 Å². The normalized spacial score (nSPS) is 26.7. The number of hydrogen-bond acceptors (Lipinski definition) is 2. The Bertz CT molecular complexity index is 319. The molecule has 0 aromatic heterocycles. The van der Waals surface area contributed by atoms with E-state index in [9.17, 15) is 5.11 Å². The molecule has 1 aliphatic heterocycles. The van der Waals surface area contributed by atoms with Crippen LogP contribution in [0.4, 0.5) is 0 Å². The number of halogens is 1.